The van der Waals surface area contributed by atoms with Gasteiger partial charge in [-0.15, -0.1) is 5.10 Å². The van der Waals surface area contributed by atoms with Crippen LogP contribution in [-0.4, -0.2) is 66.2 Å². The molecule has 1 aromatic rings. The van der Waals surface area contributed by atoms with Gasteiger partial charge in [-0.05, 0) is 6.92 Å². The van der Waals surface area contributed by atoms with Gasteiger partial charge in [0.2, 0.25) is 5.95 Å². The molecule has 1 fully saturated rings. The summed E-state index contributed by atoms with van der Waals surface area (Å²) in [5, 5.41) is 42.0. The number of ether oxygens (including phenoxy) is 1. The minimum absolute atomic E-state index is 0.00413. The molecule has 0 aromatic carbocycles. The van der Waals surface area contributed by atoms with Crippen LogP contribution in [0.5, 0.6) is 0 Å². The van der Waals surface area contributed by atoms with E-state index < -0.39 is 37.3 Å². The Labute approximate surface area is 102 Å². The highest BCUT2D eigenvalue weighted by Gasteiger charge is 2.45. The maximum Gasteiger partial charge on any atom is 0.239 e. The molecule has 0 spiro atoms. The molecule has 1 aromatic heterocycles. The first-order valence-corrected chi connectivity index (χ1v) is 5.45. The summed E-state index contributed by atoms with van der Waals surface area (Å²) in [5.41, 5.74) is 5.42. The molecule has 0 saturated carbocycles. The van der Waals surface area contributed by atoms with Crippen LogP contribution in [-0.2, 0) is 4.74 Å². The number of aryl methyl sites for hydroxylation is 1. The number of aromatic nitrogens is 3. The van der Waals surface area contributed by atoms with E-state index >= 15 is 0 Å². The SMILES string of the molecule is Cc1nc(N)nn1[C@@H]1O[C@H](CO)[C@@H](O)[C@H](O)[C@H]1O. The molecular weight excluding hydrogens is 244 g/mol. The van der Waals surface area contributed by atoms with Crippen LogP contribution in [0.1, 0.15) is 12.1 Å². The third-order valence-corrected chi connectivity index (χ3v) is 2.93. The Morgan fingerprint density at radius 2 is 1.94 bits per heavy atom. The van der Waals surface area contributed by atoms with E-state index in [1.165, 1.54) is 4.68 Å². The van der Waals surface area contributed by atoms with Crippen molar-refractivity contribution in [2.75, 3.05) is 12.3 Å². The Morgan fingerprint density at radius 1 is 1.28 bits per heavy atom. The number of aliphatic hydroxyl groups excluding tert-OH is 4. The minimum Gasteiger partial charge on any atom is -0.394 e. The number of nitrogen functional groups attached to an aromatic ring is 1. The second-order valence-corrected chi connectivity index (χ2v) is 4.18. The van der Waals surface area contributed by atoms with Crippen LogP contribution in [0, 0.1) is 6.92 Å². The molecule has 102 valence electrons. The van der Waals surface area contributed by atoms with Gasteiger partial charge in [-0.2, -0.15) is 4.98 Å². The number of anilines is 1. The average Bonchev–Trinajstić information content (AvgIpc) is 2.66. The number of hydrogen-bond acceptors (Lipinski definition) is 8. The fourth-order valence-corrected chi connectivity index (χ4v) is 1.95. The standard InChI is InChI=1S/C9H16N4O5/c1-3-11-9(10)12-13(3)8-7(17)6(16)5(15)4(2-14)18-8/h4-8,14-17H,2H2,1H3,(H2,10,12)/t4-,5-,6+,7-,8-/m1/s1. The van der Waals surface area contributed by atoms with Gasteiger partial charge in [0, 0.05) is 0 Å². The van der Waals surface area contributed by atoms with E-state index in [0.29, 0.717) is 5.82 Å². The lowest BCUT2D eigenvalue weighted by Gasteiger charge is -2.39. The Morgan fingerprint density at radius 3 is 2.44 bits per heavy atom. The van der Waals surface area contributed by atoms with Crippen molar-refractivity contribution < 1.29 is 25.2 Å². The van der Waals surface area contributed by atoms with Gasteiger partial charge in [-0.25, -0.2) is 4.68 Å². The second kappa shape index (κ2) is 4.78. The molecule has 1 aliphatic rings. The maximum atomic E-state index is 9.86. The van der Waals surface area contributed by atoms with E-state index in [2.05, 4.69) is 10.1 Å². The van der Waals surface area contributed by atoms with Gasteiger partial charge >= 0.3 is 0 Å². The molecule has 9 heteroatoms. The zero-order valence-electron chi connectivity index (χ0n) is 9.71. The molecule has 0 unspecified atom stereocenters. The molecule has 2 heterocycles. The molecule has 0 radical (unpaired) electrons. The lowest BCUT2D eigenvalue weighted by atomic mass is 9.98. The van der Waals surface area contributed by atoms with E-state index in [0.717, 1.165) is 0 Å². The lowest BCUT2D eigenvalue weighted by Crippen LogP contribution is -2.56. The number of rotatable bonds is 2. The van der Waals surface area contributed by atoms with Crippen LogP contribution < -0.4 is 5.73 Å². The molecule has 0 amide bonds. The number of hydrogen-bond donors (Lipinski definition) is 5. The quantitative estimate of drug-likeness (QED) is 0.381. The molecule has 9 nitrogen and oxygen atoms in total. The average molecular weight is 260 g/mol. The molecule has 2 rings (SSSR count). The van der Waals surface area contributed by atoms with Crippen molar-refractivity contribution >= 4 is 5.95 Å². The summed E-state index contributed by atoms with van der Waals surface area (Å²) < 4.78 is 6.51. The normalized spacial score (nSPS) is 36.8. The third-order valence-electron chi connectivity index (χ3n) is 2.93. The summed E-state index contributed by atoms with van der Waals surface area (Å²) >= 11 is 0. The number of nitrogens with zero attached hydrogens (tertiary/aromatic N) is 3. The van der Waals surface area contributed by atoms with Gasteiger partial charge in [0.05, 0.1) is 6.61 Å². The fraction of sp³-hybridized carbons (Fsp3) is 0.778. The van der Waals surface area contributed by atoms with Gasteiger partial charge < -0.3 is 30.9 Å². The van der Waals surface area contributed by atoms with Gasteiger partial charge in [-0.3, -0.25) is 0 Å². The van der Waals surface area contributed by atoms with E-state index in [4.69, 9.17) is 15.6 Å². The number of nitrogens with two attached hydrogens (primary N) is 1. The van der Waals surface area contributed by atoms with Crippen LogP contribution >= 0.6 is 0 Å². The van der Waals surface area contributed by atoms with Crippen LogP contribution in [0.4, 0.5) is 5.95 Å². The van der Waals surface area contributed by atoms with Crippen LogP contribution in [0.3, 0.4) is 0 Å². The summed E-state index contributed by atoms with van der Waals surface area (Å²) in [7, 11) is 0. The van der Waals surface area contributed by atoms with E-state index in [1.807, 2.05) is 0 Å². The predicted octanol–water partition coefficient (Wildman–Crippen LogP) is -2.86. The third kappa shape index (κ3) is 2.06. The van der Waals surface area contributed by atoms with Gasteiger partial charge in [0.1, 0.15) is 30.2 Å². The maximum absolute atomic E-state index is 9.86. The van der Waals surface area contributed by atoms with E-state index in [-0.39, 0.29) is 5.95 Å². The van der Waals surface area contributed by atoms with Crippen molar-refractivity contribution in [2.45, 2.75) is 37.6 Å². The first-order valence-electron chi connectivity index (χ1n) is 5.45. The summed E-state index contributed by atoms with van der Waals surface area (Å²) in [6.07, 6.45) is -6.31. The van der Waals surface area contributed by atoms with Crippen molar-refractivity contribution in [3.05, 3.63) is 5.82 Å². The van der Waals surface area contributed by atoms with Crippen molar-refractivity contribution in [2.24, 2.45) is 0 Å². The molecule has 1 saturated heterocycles. The Hall–Kier alpha value is -1.26. The molecule has 0 aliphatic carbocycles. The highest BCUT2D eigenvalue weighted by Crippen LogP contribution is 2.28. The Balaban J connectivity index is 2.29. The largest absolute Gasteiger partial charge is 0.394 e. The summed E-state index contributed by atoms with van der Waals surface area (Å²) in [6, 6.07) is 0. The van der Waals surface area contributed by atoms with Gasteiger partial charge in [0.15, 0.2) is 6.23 Å². The summed E-state index contributed by atoms with van der Waals surface area (Å²) in [4.78, 5) is 3.85. The smallest absolute Gasteiger partial charge is 0.239 e. The first kappa shape index (κ1) is 13.2. The zero-order chi connectivity index (χ0) is 13.4. The van der Waals surface area contributed by atoms with Crippen molar-refractivity contribution in [3.63, 3.8) is 0 Å². The second-order valence-electron chi connectivity index (χ2n) is 4.18. The molecule has 1 aliphatic heterocycles. The Kier molecular flexibility index (Phi) is 3.50. The zero-order valence-corrected chi connectivity index (χ0v) is 9.71. The van der Waals surface area contributed by atoms with Gasteiger partial charge in [-0.1, -0.05) is 0 Å². The van der Waals surface area contributed by atoms with Crippen molar-refractivity contribution in [3.8, 4) is 0 Å². The lowest BCUT2D eigenvalue weighted by molar-refractivity contribution is -0.254. The first-order chi connectivity index (χ1) is 8.45. The van der Waals surface area contributed by atoms with E-state index in [9.17, 15) is 15.3 Å². The molecule has 18 heavy (non-hydrogen) atoms. The molecule has 5 atom stereocenters. The predicted molar refractivity (Wildman–Crippen MR) is 58.2 cm³/mol. The summed E-state index contributed by atoms with van der Waals surface area (Å²) in [5.74, 6) is 0.390. The summed E-state index contributed by atoms with van der Waals surface area (Å²) in [6.45, 7) is 1.11. The van der Waals surface area contributed by atoms with Crippen LogP contribution in [0.15, 0.2) is 0 Å². The topological polar surface area (TPSA) is 147 Å². The van der Waals surface area contributed by atoms with Crippen LogP contribution in [0.2, 0.25) is 0 Å². The fourth-order valence-electron chi connectivity index (χ4n) is 1.95. The molecular formula is C9H16N4O5. The van der Waals surface area contributed by atoms with Crippen molar-refractivity contribution in [1.82, 2.24) is 14.8 Å². The molecule has 0 bridgehead atoms. The Bertz CT molecular complexity index is 423. The highest BCUT2D eigenvalue weighted by molar-refractivity contribution is 5.14. The highest BCUT2D eigenvalue weighted by atomic mass is 16.6. The van der Waals surface area contributed by atoms with Gasteiger partial charge in [0.25, 0.3) is 0 Å². The van der Waals surface area contributed by atoms with E-state index in [1.54, 1.807) is 6.92 Å². The minimum atomic E-state index is -1.45. The molecule has 6 N–H and O–H groups in total. The van der Waals surface area contributed by atoms with Crippen LogP contribution in [0.25, 0.3) is 0 Å². The number of aliphatic hydroxyl groups is 4. The van der Waals surface area contributed by atoms with Crippen molar-refractivity contribution in [1.29, 1.82) is 0 Å². The monoisotopic (exact) mass is 260 g/mol.